The first-order valence-corrected chi connectivity index (χ1v) is 8.97. The highest BCUT2D eigenvalue weighted by Crippen LogP contribution is 2.28. The van der Waals surface area contributed by atoms with Crippen LogP contribution in [0, 0.1) is 35.2 Å². The number of sulfonamides is 1. The van der Waals surface area contributed by atoms with Crippen molar-refractivity contribution in [1.82, 2.24) is 9.29 Å². The molecule has 0 aliphatic carbocycles. The van der Waals surface area contributed by atoms with Gasteiger partial charge in [0.25, 0.3) is 11.9 Å². The normalized spacial score (nSPS) is 16.0. The molecular formula is C15H11F6N3O2S. The molecule has 146 valence electrons. The van der Waals surface area contributed by atoms with Crippen LogP contribution in [-0.2, 0) is 10.0 Å². The van der Waals surface area contributed by atoms with Crippen molar-refractivity contribution < 1.29 is 34.8 Å². The molecule has 1 saturated heterocycles. The highest BCUT2D eigenvalue weighted by molar-refractivity contribution is 7.89. The summed E-state index contributed by atoms with van der Waals surface area (Å²) in [7, 11) is -4.33. The molecule has 0 amide bonds. The summed E-state index contributed by atoms with van der Waals surface area (Å²) in [5, 5.41) is 0. The fraction of sp³-hybridized carbons (Fsp3) is 0.267. The van der Waals surface area contributed by atoms with Gasteiger partial charge < -0.3 is 4.90 Å². The summed E-state index contributed by atoms with van der Waals surface area (Å²) in [6.07, 6.45) is 0. The molecule has 2 aromatic rings. The third kappa shape index (κ3) is 3.46. The molecule has 1 aromatic carbocycles. The van der Waals surface area contributed by atoms with E-state index in [0.29, 0.717) is 6.07 Å². The van der Waals surface area contributed by atoms with Crippen molar-refractivity contribution in [2.24, 2.45) is 0 Å². The van der Waals surface area contributed by atoms with E-state index in [2.05, 4.69) is 4.98 Å². The largest absolute Gasteiger partial charge is 0.364 e. The average molecular weight is 411 g/mol. The Balaban J connectivity index is 1.84. The third-order valence-corrected chi connectivity index (χ3v) is 5.97. The second-order valence-electron chi connectivity index (χ2n) is 5.64. The van der Waals surface area contributed by atoms with Gasteiger partial charge in [0.15, 0.2) is 0 Å². The maximum absolute atomic E-state index is 13.8. The number of rotatable bonds is 3. The Hall–Kier alpha value is -2.34. The quantitative estimate of drug-likeness (QED) is 0.575. The molecule has 1 fully saturated rings. The van der Waals surface area contributed by atoms with Crippen LogP contribution >= 0.6 is 0 Å². The zero-order valence-electron chi connectivity index (χ0n) is 13.4. The summed E-state index contributed by atoms with van der Waals surface area (Å²) in [6.45, 7) is -1.33. The second-order valence-corrected chi connectivity index (χ2v) is 7.54. The lowest BCUT2D eigenvalue weighted by Crippen LogP contribution is -2.49. The Morgan fingerprint density at radius 1 is 0.852 bits per heavy atom. The van der Waals surface area contributed by atoms with Crippen LogP contribution in [0.2, 0.25) is 0 Å². The summed E-state index contributed by atoms with van der Waals surface area (Å²) >= 11 is 0. The van der Waals surface area contributed by atoms with Crippen molar-refractivity contribution in [3.8, 4) is 0 Å². The van der Waals surface area contributed by atoms with Gasteiger partial charge in [-0.25, -0.2) is 17.2 Å². The van der Waals surface area contributed by atoms with E-state index < -0.39 is 55.8 Å². The molecule has 27 heavy (non-hydrogen) atoms. The zero-order chi connectivity index (χ0) is 19.9. The molecule has 1 aromatic heterocycles. The maximum Gasteiger partial charge on any atom is 0.253 e. The fourth-order valence-electron chi connectivity index (χ4n) is 2.73. The van der Waals surface area contributed by atoms with Gasteiger partial charge in [0, 0.05) is 32.2 Å². The van der Waals surface area contributed by atoms with Gasteiger partial charge in [0.2, 0.25) is 21.7 Å². The molecule has 1 aliphatic rings. The Bertz CT molecular complexity index is 967. The number of halogens is 6. The number of hydrogen-bond donors (Lipinski definition) is 0. The average Bonchev–Trinajstić information content (AvgIpc) is 2.60. The SMILES string of the molecule is O=S(=O)(c1ccc(F)cc1F)N1CCN(c2c(F)c(F)nc(F)c2F)CC1. The molecular weight excluding hydrogens is 400 g/mol. The zero-order valence-corrected chi connectivity index (χ0v) is 14.2. The second kappa shape index (κ2) is 7.00. The summed E-state index contributed by atoms with van der Waals surface area (Å²) in [5.74, 6) is -9.29. The minimum Gasteiger partial charge on any atom is -0.364 e. The first kappa shape index (κ1) is 19.4. The molecule has 0 atom stereocenters. The lowest BCUT2D eigenvalue weighted by atomic mass is 10.2. The van der Waals surface area contributed by atoms with Crippen LogP contribution in [0.25, 0.3) is 0 Å². The van der Waals surface area contributed by atoms with Gasteiger partial charge in [0.05, 0.1) is 0 Å². The van der Waals surface area contributed by atoms with Crippen molar-refractivity contribution in [2.75, 3.05) is 31.1 Å². The Kier molecular flexibility index (Phi) is 5.04. The Morgan fingerprint density at radius 3 is 1.93 bits per heavy atom. The predicted molar refractivity (Wildman–Crippen MR) is 81.4 cm³/mol. The standard InChI is InChI=1S/C15H11F6N3O2S/c16-8-1-2-10(9(17)7-8)27(25,26)24-5-3-23(4-6-24)13-11(18)14(20)22-15(21)12(13)19/h1-2,7H,3-6H2. The van der Waals surface area contributed by atoms with Crippen molar-refractivity contribution in [3.05, 3.63) is 53.4 Å². The number of hydrogen-bond acceptors (Lipinski definition) is 4. The van der Waals surface area contributed by atoms with Gasteiger partial charge in [0.1, 0.15) is 22.2 Å². The number of anilines is 1. The molecule has 0 bridgehead atoms. The van der Waals surface area contributed by atoms with E-state index in [0.717, 1.165) is 21.3 Å². The van der Waals surface area contributed by atoms with Gasteiger partial charge in [-0.05, 0) is 12.1 Å². The molecule has 12 heteroatoms. The van der Waals surface area contributed by atoms with Crippen molar-refractivity contribution in [3.63, 3.8) is 0 Å². The lowest BCUT2D eigenvalue weighted by molar-refractivity contribution is 0.367. The Morgan fingerprint density at radius 2 is 1.41 bits per heavy atom. The van der Waals surface area contributed by atoms with E-state index in [9.17, 15) is 34.8 Å². The van der Waals surface area contributed by atoms with Crippen LogP contribution in [0.4, 0.5) is 32.0 Å². The van der Waals surface area contributed by atoms with Crippen LogP contribution < -0.4 is 4.90 Å². The lowest BCUT2D eigenvalue weighted by Gasteiger charge is -2.35. The van der Waals surface area contributed by atoms with Crippen molar-refractivity contribution in [2.45, 2.75) is 4.90 Å². The van der Waals surface area contributed by atoms with E-state index in [1.807, 2.05) is 0 Å². The van der Waals surface area contributed by atoms with Crippen LogP contribution in [0.3, 0.4) is 0 Å². The number of benzene rings is 1. The van der Waals surface area contributed by atoms with E-state index in [1.165, 1.54) is 0 Å². The van der Waals surface area contributed by atoms with Crippen LogP contribution in [0.5, 0.6) is 0 Å². The van der Waals surface area contributed by atoms with E-state index >= 15 is 0 Å². The molecule has 5 nitrogen and oxygen atoms in total. The highest BCUT2D eigenvalue weighted by Gasteiger charge is 2.33. The smallest absolute Gasteiger partial charge is 0.253 e. The molecule has 0 unspecified atom stereocenters. The molecule has 2 heterocycles. The van der Waals surface area contributed by atoms with Gasteiger partial charge in [-0.15, -0.1) is 0 Å². The predicted octanol–water partition coefficient (Wildman–Crippen LogP) is 2.43. The van der Waals surface area contributed by atoms with E-state index in [-0.39, 0.29) is 26.2 Å². The number of pyridine rings is 1. The van der Waals surface area contributed by atoms with Gasteiger partial charge in [-0.2, -0.15) is 26.9 Å². The monoisotopic (exact) mass is 411 g/mol. The molecule has 3 rings (SSSR count). The summed E-state index contributed by atoms with van der Waals surface area (Å²) in [6, 6.07) is 1.95. The van der Waals surface area contributed by atoms with Crippen LogP contribution in [0.15, 0.2) is 23.1 Å². The van der Waals surface area contributed by atoms with Crippen LogP contribution in [0.1, 0.15) is 0 Å². The van der Waals surface area contributed by atoms with Crippen molar-refractivity contribution >= 4 is 15.7 Å². The molecule has 0 saturated carbocycles. The summed E-state index contributed by atoms with van der Waals surface area (Å²) in [4.78, 5) is 2.62. The van der Waals surface area contributed by atoms with Gasteiger partial charge in [-0.3, -0.25) is 0 Å². The molecule has 0 N–H and O–H groups in total. The van der Waals surface area contributed by atoms with Gasteiger partial charge >= 0.3 is 0 Å². The van der Waals surface area contributed by atoms with Gasteiger partial charge in [-0.1, -0.05) is 0 Å². The third-order valence-electron chi connectivity index (χ3n) is 4.04. The molecule has 1 aliphatic heterocycles. The molecule has 0 radical (unpaired) electrons. The fourth-order valence-corrected chi connectivity index (χ4v) is 4.20. The van der Waals surface area contributed by atoms with E-state index in [1.54, 1.807) is 0 Å². The molecule has 0 spiro atoms. The summed E-state index contributed by atoms with van der Waals surface area (Å²) < 4.78 is 107. The summed E-state index contributed by atoms with van der Waals surface area (Å²) in [5.41, 5.74) is -0.995. The minimum atomic E-state index is -4.33. The number of piperazine rings is 1. The first-order chi connectivity index (χ1) is 12.6. The number of aromatic nitrogens is 1. The van der Waals surface area contributed by atoms with Crippen molar-refractivity contribution in [1.29, 1.82) is 0 Å². The Labute approximate surface area is 149 Å². The topological polar surface area (TPSA) is 53.5 Å². The maximum atomic E-state index is 13.8. The van der Waals surface area contributed by atoms with Crippen LogP contribution in [-0.4, -0.2) is 43.9 Å². The van der Waals surface area contributed by atoms with E-state index in [4.69, 9.17) is 0 Å². The first-order valence-electron chi connectivity index (χ1n) is 7.53. The number of nitrogens with zero attached hydrogens (tertiary/aromatic N) is 3. The minimum absolute atomic E-state index is 0.321. The highest BCUT2D eigenvalue weighted by atomic mass is 32.2.